The van der Waals surface area contributed by atoms with E-state index in [4.69, 9.17) is 16.3 Å². The van der Waals surface area contributed by atoms with E-state index in [0.717, 1.165) is 5.69 Å². The van der Waals surface area contributed by atoms with Crippen molar-refractivity contribution in [2.75, 3.05) is 19.7 Å². The Morgan fingerprint density at radius 1 is 1.39 bits per heavy atom. The summed E-state index contributed by atoms with van der Waals surface area (Å²) in [6, 6.07) is 0. The van der Waals surface area contributed by atoms with Gasteiger partial charge in [-0.05, 0) is 19.4 Å². The van der Waals surface area contributed by atoms with Crippen molar-refractivity contribution in [1.29, 1.82) is 0 Å². The molecule has 0 saturated carbocycles. The molecular formula is C15H19ClN4O3. The first-order valence-corrected chi connectivity index (χ1v) is 7.57. The normalized spacial score (nSPS) is 14.6. The van der Waals surface area contributed by atoms with E-state index in [9.17, 15) is 9.59 Å². The summed E-state index contributed by atoms with van der Waals surface area (Å²) < 4.78 is 6.51. The van der Waals surface area contributed by atoms with Crippen LogP contribution in [-0.2, 0) is 16.6 Å². The molecule has 8 heteroatoms. The molecule has 1 aromatic rings. The lowest BCUT2D eigenvalue weighted by Crippen LogP contribution is -2.44. The summed E-state index contributed by atoms with van der Waals surface area (Å²) >= 11 is 6.12. The third kappa shape index (κ3) is 3.73. The molecular weight excluding hydrogens is 320 g/mol. The minimum absolute atomic E-state index is 0.109. The van der Waals surface area contributed by atoms with Crippen molar-refractivity contribution in [3.8, 4) is 0 Å². The van der Waals surface area contributed by atoms with Gasteiger partial charge < -0.3 is 4.74 Å². The maximum atomic E-state index is 12.3. The van der Waals surface area contributed by atoms with Gasteiger partial charge in [-0.2, -0.15) is 5.10 Å². The van der Waals surface area contributed by atoms with Crippen molar-refractivity contribution in [3.05, 3.63) is 35.1 Å². The van der Waals surface area contributed by atoms with E-state index in [1.807, 2.05) is 6.92 Å². The first-order valence-electron chi connectivity index (χ1n) is 7.19. The first kappa shape index (κ1) is 17.1. The fraction of sp³-hybridized carbons (Fsp3) is 0.400. The van der Waals surface area contributed by atoms with Crippen LogP contribution in [0.3, 0.4) is 0 Å². The number of ether oxygens (including phenoxy) is 1. The number of nitrogens with zero attached hydrogens (tertiary/aromatic N) is 4. The number of hydrazine groups is 1. The maximum absolute atomic E-state index is 12.3. The molecule has 124 valence electrons. The third-order valence-electron chi connectivity index (χ3n) is 3.41. The van der Waals surface area contributed by atoms with Crippen molar-refractivity contribution in [2.24, 2.45) is 7.05 Å². The monoisotopic (exact) mass is 338 g/mol. The van der Waals surface area contributed by atoms with Gasteiger partial charge >= 0.3 is 6.09 Å². The summed E-state index contributed by atoms with van der Waals surface area (Å²) in [6.45, 7) is 6.32. The van der Waals surface area contributed by atoms with Crippen LogP contribution >= 0.6 is 11.6 Å². The Morgan fingerprint density at radius 2 is 2.09 bits per heavy atom. The molecule has 1 fully saturated rings. The van der Waals surface area contributed by atoms with E-state index in [2.05, 4.69) is 11.7 Å². The predicted octanol–water partition coefficient (Wildman–Crippen LogP) is 2.17. The Hall–Kier alpha value is -2.28. The number of halogens is 1. The van der Waals surface area contributed by atoms with Crippen LogP contribution in [-0.4, -0.2) is 51.5 Å². The molecule has 0 unspecified atom stereocenters. The predicted molar refractivity (Wildman–Crippen MR) is 86.6 cm³/mol. The second kappa shape index (κ2) is 7.32. The summed E-state index contributed by atoms with van der Waals surface area (Å²) in [5, 5.41) is 7.29. The van der Waals surface area contributed by atoms with Crippen LogP contribution in [0, 0.1) is 6.92 Å². The average molecular weight is 339 g/mol. The lowest BCUT2D eigenvalue weighted by atomic mass is 10.2. The molecule has 0 aromatic carbocycles. The van der Waals surface area contributed by atoms with Gasteiger partial charge in [-0.3, -0.25) is 9.48 Å². The summed E-state index contributed by atoms with van der Waals surface area (Å²) in [4.78, 5) is 24.2. The van der Waals surface area contributed by atoms with Crippen LogP contribution in [0.1, 0.15) is 17.7 Å². The summed E-state index contributed by atoms with van der Waals surface area (Å²) in [6.07, 6.45) is 4.62. The van der Waals surface area contributed by atoms with Crippen LogP contribution in [0.4, 0.5) is 4.79 Å². The average Bonchev–Trinajstić information content (AvgIpc) is 3.09. The van der Waals surface area contributed by atoms with Gasteiger partial charge in [-0.1, -0.05) is 24.3 Å². The van der Waals surface area contributed by atoms with Gasteiger partial charge in [-0.25, -0.2) is 14.8 Å². The second-order valence-corrected chi connectivity index (χ2v) is 5.41. The molecule has 1 saturated heterocycles. The van der Waals surface area contributed by atoms with E-state index in [1.54, 1.807) is 13.1 Å². The highest BCUT2D eigenvalue weighted by atomic mass is 35.5. The Morgan fingerprint density at radius 3 is 2.70 bits per heavy atom. The molecule has 0 spiro atoms. The fourth-order valence-electron chi connectivity index (χ4n) is 2.31. The Balaban J connectivity index is 2.08. The highest BCUT2D eigenvalue weighted by molar-refractivity contribution is 6.31. The number of rotatable bonds is 4. The van der Waals surface area contributed by atoms with Crippen LogP contribution in [0.25, 0.3) is 6.08 Å². The molecule has 0 radical (unpaired) electrons. The molecule has 0 atom stereocenters. The molecule has 0 bridgehead atoms. The zero-order valence-electron chi connectivity index (χ0n) is 13.2. The highest BCUT2D eigenvalue weighted by Gasteiger charge is 2.30. The van der Waals surface area contributed by atoms with E-state index < -0.39 is 6.09 Å². The number of hydrogen-bond acceptors (Lipinski definition) is 4. The van der Waals surface area contributed by atoms with Crippen molar-refractivity contribution < 1.29 is 14.3 Å². The number of aryl methyl sites for hydroxylation is 2. The van der Waals surface area contributed by atoms with E-state index in [-0.39, 0.29) is 12.5 Å². The van der Waals surface area contributed by atoms with Crippen molar-refractivity contribution >= 4 is 29.7 Å². The van der Waals surface area contributed by atoms with Gasteiger partial charge in [0, 0.05) is 31.8 Å². The summed E-state index contributed by atoms with van der Waals surface area (Å²) in [7, 11) is 1.73. The zero-order valence-corrected chi connectivity index (χ0v) is 13.9. The smallest absolute Gasteiger partial charge is 0.429 e. The van der Waals surface area contributed by atoms with Crippen molar-refractivity contribution in [1.82, 2.24) is 19.8 Å². The minimum atomic E-state index is -0.556. The maximum Gasteiger partial charge on any atom is 0.429 e. The lowest BCUT2D eigenvalue weighted by Gasteiger charge is -2.25. The molecule has 2 heterocycles. The van der Waals surface area contributed by atoms with E-state index in [1.165, 1.54) is 26.9 Å². The number of aromatic nitrogens is 2. The van der Waals surface area contributed by atoms with Crippen LogP contribution in [0.15, 0.2) is 18.7 Å². The first-order chi connectivity index (χ1) is 11.0. The SMILES string of the molecule is C=CCOC(=O)N1CCCN1C(=O)/C=C/c1c(C)nn(C)c1Cl. The molecule has 2 amide bonds. The van der Waals surface area contributed by atoms with Crippen molar-refractivity contribution in [2.45, 2.75) is 13.3 Å². The van der Waals surface area contributed by atoms with Gasteiger partial charge in [-0.15, -0.1) is 0 Å². The van der Waals surface area contributed by atoms with Gasteiger partial charge in [0.2, 0.25) is 0 Å². The van der Waals surface area contributed by atoms with E-state index >= 15 is 0 Å². The molecule has 1 aliphatic heterocycles. The molecule has 23 heavy (non-hydrogen) atoms. The lowest BCUT2D eigenvalue weighted by molar-refractivity contribution is -0.135. The summed E-state index contributed by atoms with van der Waals surface area (Å²) in [5.74, 6) is -0.308. The van der Waals surface area contributed by atoms with Gasteiger partial charge in [0.25, 0.3) is 5.91 Å². The molecule has 0 aliphatic carbocycles. The number of carbonyl (C=O) groups excluding carboxylic acids is 2. The quantitative estimate of drug-likeness (QED) is 0.623. The molecule has 7 nitrogen and oxygen atoms in total. The van der Waals surface area contributed by atoms with Crippen LogP contribution < -0.4 is 0 Å². The van der Waals surface area contributed by atoms with Crippen LogP contribution in [0.2, 0.25) is 5.15 Å². The molecule has 0 N–H and O–H groups in total. The van der Waals surface area contributed by atoms with Crippen LogP contribution in [0.5, 0.6) is 0 Å². The number of carbonyl (C=O) groups is 2. The topological polar surface area (TPSA) is 67.7 Å². The van der Waals surface area contributed by atoms with Gasteiger partial charge in [0.15, 0.2) is 0 Å². The Kier molecular flexibility index (Phi) is 5.44. The molecule has 2 rings (SSSR count). The molecule has 1 aromatic heterocycles. The van der Waals surface area contributed by atoms with Gasteiger partial charge in [0.1, 0.15) is 11.8 Å². The van der Waals surface area contributed by atoms with Crippen molar-refractivity contribution in [3.63, 3.8) is 0 Å². The van der Waals surface area contributed by atoms with Gasteiger partial charge in [0.05, 0.1) is 5.69 Å². The molecule has 1 aliphatic rings. The Labute approximate surface area is 139 Å². The number of amides is 2. The largest absolute Gasteiger partial charge is 0.444 e. The second-order valence-electron chi connectivity index (χ2n) is 5.05. The standard InChI is InChI=1S/C15H19ClN4O3/c1-4-10-23-15(22)20-9-5-8-19(20)13(21)7-6-12-11(2)17-18(3)14(12)16/h4,6-7H,1,5,8-10H2,2-3H3/b7-6+. The van der Waals surface area contributed by atoms with E-state index in [0.29, 0.717) is 30.2 Å². The Bertz CT molecular complexity index is 653. The zero-order chi connectivity index (χ0) is 17.0. The summed E-state index contributed by atoms with van der Waals surface area (Å²) in [5.41, 5.74) is 1.41. The third-order valence-corrected chi connectivity index (χ3v) is 3.86. The number of hydrogen-bond donors (Lipinski definition) is 0. The minimum Gasteiger partial charge on any atom is -0.444 e. The highest BCUT2D eigenvalue weighted by Crippen LogP contribution is 2.20. The fourth-order valence-corrected chi connectivity index (χ4v) is 2.55.